The highest BCUT2D eigenvalue weighted by Gasteiger charge is 2.05. The summed E-state index contributed by atoms with van der Waals surface area (Å²) in [5.74, 6) is 0. The van der Waals surface area contributed by atoms with Crippen molar-refractivity contribution in [3.05, 3.63) is 33.5 Å². The molecule has 0 aromatic carbocycles. The van der Waals surface area contributed by atoms with Crippen LogP contribution in [-0.2, 0) is 0 Å². The van der Waals surface area contributed by atoms with Crippen LogP contribution in [0.5, 0.6) is 0 Å². The second-order valence-corrected chi connectivity index (χ2v) is 4.16. The Morgan fingerprint density at radius 3 is 3.00 bits per heavy atom. The average molecular weight is 232 g/mol. The van der Waals surface area contributed by atoms with E-state index < -0.39 is 0 Å². The number of halogens is 1. The molecule has 1 atom stereocenters. The maximum Gasteiger partial charge on any atom is 0.0424 e. The van der Waals surface area contributed by atoms with Gasteiger partial charge in [0.25, 0.3) is 0 Å². The van der Waals surface area contributed by atoms with E-state index in [0.717, 1.165) is 10.9 Å². The average Bonchev–Trinajstić information content (AvgIpc) is 2.36. The minimum Gasteiger partial charge on any atom is -0.323 e. The number of hydrogen-bond acceptors (Lipinski definition) is 2. The van der Waals surface area contributed by atoms with Crippen LogP contribution < -0.4 is 5.73 Å². The molecule has 1 rings (SSSR count). The molecule has 0 bridgehead atoms. The summed E-state index contributed by atoms with van der Waals surface area (Å²) in [4.78, 5) is 1.21. The summed E-state index contributed by atoms with van der Waals surface area (Å²) < 4.78 is 1.11. The first-order valence-corrected chi connectivity index (χ1v) is 5.01. The number of nitrogens with two attached hydrogens (primary N) is 1. The fraction of sp³-hybridized carbons (Fsp3) is 0.250. The van der Waals surface area contributed by atoms with E-state index >= 15 is 0 Å². The van der Waals surface area contributed by atoms with Crippen molar-refractivity contribution in [3.63, 3.8) is 0 Å². The van der Waals surface area contributed by atoms with Gasteiger partial charge in [0.15, 0.2) is 0 Å². The smallest absolute Gasteiger partial charge is 0.0424 e. The minimum atomic E-state index is 0.115. The second kappa shape index (κ2) is 4.04. The highest BCUT2D eigenvalue weighted by Crippen LogP contribution is 2.25. The molecule has 11 heavy (non-hydrogen) atoms. The standard InChI is InChI=1S/C8H10BrNS/c1-2-3-7(10)8-4-6(9)5-11-8/h2,4-5,7H,1,3,10H2/t7-/m0/s1. The molecule has 3 heteroatoms. The Morgan fingerprint density at radius 1 is 1.82 bits per heavy atom. The molecule has 0 aliphatic carbocycles. The first-order chi connectivity index (χ1) is 5.24. The molecule has 60 valence electrons. The Balaban J connectivity index is 2.67. The normalized spacial score (nSPS) is 12.9. The molecule has 1 nitrogen and oxygen atoms in total. The summed E-state index contributed by atoms with van der Waals surface area (Å²) in [6.07, 6.45) is 2.69. The van der Waals surface area contributed by atoms with Gasteiger partial charge in [0.1, 0.15) is 0 Å². The van der Waals surface area contributed by atoms with E-state index in [1.165, 1.54) is 4.88 Å². The van der Waals surface area contributed by atoms with Crippen molar-refractivity contribution in [2.45, 2.75) is 12.5 Å². The molecule has 0 aliphatic rings. The van der Waals surface area contributed by atoms with Gasteiger partial charge in [0.05, 0.1) is 0 Å². The molecule has 1 heterocycles. The van der Waals surface area contributed by atoms with Gasteiger partial charge in [0.2, 0.25) is 0 Å². The van der Waals surface area contributed by atoms with Crippen LogP contribution >= 0.6 is 27.3 Å². The Kier molecular flexibility index (Phi) is 3.30. The van der Waals surface area contributed by atoms with Crippen LogP contribution in [0.25, 0.3) is 0 Å². The van der Waals surface area contributed by atoms with Crippen LogP contribution in [0.15, 0.2) is 28.6 Å². The Bertz CT molecular complexity index is 244. The quantitative estimate of drug-likeness (QED) is 0.796. The van der Waals surface area contributed by atoms with Crippen molar-refractivity contribution in [3.8, 4) is 0 Å². The lowest BCUT2D eigenvalue weighted by molar-refractivity contribution is 0.757. The van der Waals surface area contributed by atoms with E-state index in [4.69, 9.17) is 5.73 Å². The molecular formula is C8H10BrNS. The number of thiophene rings is 1. The van der Waals surface area contributed by atoms with Crippen LogP contribution in [0, 0.1) is 0 Å². The fourth-order valence-corrected chi connectivity index (χ4v) is 2.28. The van der Waals surface area contributed by atoms with E-state index in [1.807, 2.05) is 11.5 Å². The van der Waals surface area contributed by atoms with Crippen LogP contribution in [-0.4, -0.2) is 0 Å². The van der Waals surface area contributed by atoms with E-state index in [1.54, 1.807) is 11.3 Å². The molecule has 0 fully saturated rings. The van der Waals surface area contributed by atoms with Crippen molar-refractivity contribution in [2.75, 3.05) is 0 Å². The van der Waals surface area contributed by atoms with Crippen molar-refractivity contribution in [1.29, 1.82) is 0 Å². The summed E-state index contributed by atoms with van der Waals surface area (Å²) in [5, 5.41) is 2.04. The van der Waals surface area contributed by atoms with Gasteiger partial charge in [-0.15, -0.1) is 17.9 Å². The van der Waals surface area contributed by atoms with Crippen molar-refractivity contribution in [1.82, 2.24) is 0 Å². The SMILES string of the molecule is C=CC[C@H](N)c1cc(Br)cs1. The predicted molar refractivity (Wildman–Crippen MR) is 53.8 cm³/mol. The predicted octanol–water partition coefficient (Wildman–Crippen LogP) is 3.09. The van der Waals surface area contributed by atoms with Gasteiger partial charge in [-0.3, -0.25) is 0 Å². The zero-order valence-corrected chi connectivity index (χ0v) is 8.49. The lowest BCUT2D eigenvalue weighted by Crippen LogP contribution is -2.06. The van der Waals surface area contributed by atoms with Crippen molar-refractivity contribution < 1.29 is 0 Å². The first kappa shape index (κ1) is 8.97. The lowest BCUT2D eigenvalue weighted by Gasteiger charge is -2.03. The third-order valence-electron chi connectivity index (χ3n) is 1.37. The second-order valence-electron chi connectivity index (χ2n) is 2.30. The van der Waals surface area contributed by atoms with Gasteiger partial charge in [-0.25, -0.2) is 0 Å². The molecule has 1 aromatic rings. The maximum absolute atomic E-state index is 5.84. The van der Waals surface area contributed by atoms with E-state index in [-0.39, 0.29) is 6.04 Å². The summed E-state index contributed by atoms with van der Waals surface area (Å²) in [6, 6.07) is 2.17. The largest absolute Gasteiger partial charge is 0.323 e. The number of rotatable bonds is 3. The Morgan fingerprint density at radius 2 is 2.55 bits per heavy atom. The lowest BCUT2D eigenvalue weighted by atomic mass is 10.2. The molecule has 0 radical (unpaired) electrons. The van der Waals surface area contributed by atoms with Crippen LogP contribution in [0.2, 0.25) is 0 Å². The summed E-state index contributed by atoms with van der Waals surface area (Å²) in [5.41, 5.74) is 5.84. The third-order valence-corrected chi connectivity index (χ3v) is 3.20. The maximum atomic E-state index is 5.84. The topological polar surface area (TPSA) is 26.0 Å². The molecule has 0 aliphatic heterocycles. The van der Waals surface area contributed by atoms with Gasteiger partial charge in [-0.2, -0.15) is 0 Å². The van der Waals surface area contributed by atoms with Crippen molar-refractivity contribution >= 4 is 27.3 Å². The van der Waals surface area contributed by atoms with Gasteiger partial charge >= 0.3 is 0 Å². The molecule has 0 unspecified atom stereocenters. The summed E-state index contributed by atoms with van der Waals surface area (Å²) in [6.45, 7) is 3.65. The van der Waals surface area contributed by atoms with Crippen LogP contribution in [0.3, 0.4) is 0 Å². The summed E-state index contributed by atoms with van der Waals surface area (Å²) in [7, 11) is 0. The molecule has 0 spiro atoms. The van der Waals surface area contributed by atoms with Gasteiger partial charge in [-0.05, 0) is 28.4 Å². The molecule has 1 aromatic heterocycles. The van der Waals surface area contributed by atoms with Gasteiger partial charge in [0, 0.05) is 20.8 Å². The number of hydrogen-bond donors (Lipinski definition) is 1. The van der Waals surface area contributed by atoms with E-state index in [9.17, 15) is 0 Å². The monoisotopic (exact) mass is 231 g/mol. The van der Waals surface area contributed by atoms with Crippen LogP contribution in [0.1, 0.15) is 17.3 Å². The molecule has 0 saturated carbocycles. The van der Waals surface area contributed by atoms with Gasteiger partial charge < -0.3 is 5.73 Å². The van der Waals surface area contributed by atoms with E-state index in [0.29, 0.717) is 0 Å². The minimum absolute atomic E-state index is 0.115. The molecular weight excluding hydrogens is 222 g/mol. The zero-order valence-electron chi connectivity index (χ0n) is 6.09. The molecule has 0 saturated heterocycles. The zero-order chi connectivity index (χ0) is 8.27. The van der Waals surface area contributed by atoms with Crippen molar-refractivity contribution in [2.24, 2.45) is 5.73 Å². The van der Waals surface area contributed by atoms with Crippen LogP contribution in [0.4, 0.5) is 0 Å². The highest BCUT2D eigenvalue weighted by atomic mass is 79.9. The first-order valence-electron chi connectivity index (χ1n) is 3.34. The Labute approximate surface area is 79.0 Å². The van der Waals surface area contributed by atoms with E-state index in [2.05, 4.69) is 28.6 Å². The summed E-state index contributed by atoms with van der Waals surface area (Å²) >= 11 is 5.06. The third kappa shape index (κ3) is 2.43. The molecule has 2 N–H and O–H groups in total. The fourth-order valence-electron chi connectivity index (χ4n) is 0.818. The van der Waals surface area contributed by atoms with Gasteiger partial charge in [-0.1, -0.05) is 6.08 Å². The molecule has 0 amide bonds. The Hall–Kier alpha value is -0.120. The highest BCUT2D eigenvalue weighted by molar-refractivity contribution is 9.10.